The molecule has 102 valence electrons. The number of hydrogen-bond acceptors (Lipinski definition) is 6. The van der Waals surface area contributed by atoms with E-state index in [-0.39, 0.29) is 22.2 Å². The predicted octanol–water partition coefficient (Wildman–Crippen LogP) is 0.281. The normalized spacial score (nSPS) is 12.7. The Bertz CT molecular complexity index is 784. The van der Waals surface area contributed by atoms with Gasteiger partial charge in [-0.2, -0.15) is 5.21 Å². The third-order valence-electron chi connectivity index (χ3n) is 2.70. The van der Waals surface area contributed by atoms with Crippen LogP contribution in [0.5, 0.6) is 0 Å². The van der Waals surface area contributed by atoms with Crippen molar-refractivity contribution in [3.05, 3.63) is 40.6 Å². The summed E-state index contributed by atoms with van der Waals surface area (Å²) in [4.78, 5) is 14.9. The van der Waals surface area contributed by atoms with Crippen LogP contribution in [0.15, 0.2) is 18.3 Å². The molecule has 0 saturated carbocycles. The van der Waals surface area contributed by atoms with Gasteiger partial charge in [-0.15, -0.1) is 10.2 Å². The molecule has 3 aromatic rings. The summed E-state index contributed by atoms with van der Waals surface area (Å²) >= 11 is 6.06. The Morgan fingerprint density at radius 1 is 1.45 bits per heavy atom. The van der Waals surface area contributed by atoms with Gasteiger partial charge in [-0.1, -0.05) is 16.8 Å². The molecule has 10 heteroatoms. The van der Waals surface area contributed by atoms with Crippen LogP contribution in [0.25, 0.3) is 5.65 Å². The maximum absolute atomic E-state index is 11.0. The molecule has 1 atom stereocenters. The Labute approximate surface area is 115 Å². The smallest absolute Gasteiger partial charge is 0.356 e. The predicted molar refractivity (Wildman–Crippen MR) is 65.4 cm³/mol. The average molecular weight is 295 g/mol. The van der Waals surface area contributed by atoms with Crippen LogP contribution >= 0.6 is 11.6 Å². The van der Waals surface area contributed by atoms with Gasteiger partial charge < -0.3 is 10.2 Å². The minimum Gasteiger partial charge on any atom is -0.476 e. The Balaban J connectivity index is 2.23. The van der Waals surface area contributed by atoms with E-state index in [0.29, 0.717) is 5.65 Å². The second kappa shape index (κ2) is 4.54. The third-order valence-corrected chi connectivity index (χ3v) is 3.02. The number of carboxylic acid groups (broad SMARTS) is 1. The van der Waals surface area contributed by atoms with E-state index in [1.807, 2.05) is 0 Å². The highest BCUT2D eigenvalue weighted by Gasteiger charge is 2.23. The number of pyridine rings is 1. The largest absolute Gasteiger partial charge is 0.476 e. The molecule has 1 unspecified atom stereocenters. The van der Waals surface area contributed by atoms with Crippen molar-refractivity contribution in [2.45, 2.75) is 6.10 Å². The fourth-order valence-electron chi connectivity index (χ4n) is 1.83. The first-order valence-corrected chi connectivity index (χ1v) is 5.78. The van der Waals surface area contributed by atoms with Crippen LogP contribution in [0, 0.1) is 0 Å². The van der Waals surface area contributed by atoms with Gasteiger partial charge in [0.2, 0.25) is 5.82 Å². The van der Waals surface area contributed by atoms with E-state index in [0.717, 1.165) is 0 Å². The van der Waals surface area contributed by atoms with Crippen LogP contribution in [0.2, 0.25) is 5.02 Å². The summed E-state index contributed by atoms with van der Waals surface area (Å²) in [6.45, 7) is 0. The summed E-state index contributed by atoms with van der Waals surface area (Å²) < 4.78 is 1.38. The van der Waals surface area contributed by atoms with Crippen molar-refractivity contribution in [1.29, 1.82) is 0 Å². The standard InChI is InChI=1S/C10H7ClN6O3/c11-4-1-2-6-12-5(10(19)20)3-17(6)7(4)8(18)9-13-15-16-14-9/h1-3,8,18H,(H,19,20)(H,13,14,15,16). The van der Waals surface area contributed by atoms with E-state index in [2.05, 4.69) is 25.6 Å². The summed E-state index contributed by atoms with van der Waals surface area (Å²) in [5.74, 6) is -1.16. The van der Waals surface area contributed by atoms with Crippen LogP contribution in [0.4, 0.5) is 0 Å². The van der Waals surface area contributed by atoms with Gasteiger partial charge in [-0.05, 0) is 12.1 Å². The fourth-order valence-corrected chi connectivity index (χ4v) is 2.08. The van der Waals surface area contributed by atoms with Gasteiger partial charge in [-0.3, -0.25) is 4.40 Å². The maximum atomic E-state index is 11.0. The lowest BCUT2D eigenvalue weighted by atomic mass is 10.2. The molecule has 9 nitrogen and oxygen atoms in total. The molecule has 0 aliphatic heterocycles. The Morgan fingerprint density at radius 3 is 2.90 bits per heavy atom. The molecular formula is C10H7ClN6O3. The molecule has 0 aliphatic carbocycles. The highest BCUT2D eigenvalue weighted by Crippen LogP contribution is 2.27. The Hall–Kier alpha value is -2.52. The van der Waals surface area contributed by atoms with Gasteiger partial charge in [0.15, 0.2) is 11.8 Å². The first-order chi connectivity index (χ1) is 9.58. The molecule has 0 aliphatic rings. The number of nitrogens with one attached hydrogen (secondary N) is 1. The summed E-state index contributed by atoms with van der Waals surface area (Å²) in [5, 5.41) is 32.4. The summed E-state index contributed by atoms with van der Waals surface area (Å²) in [7, 11) is 0. The number of halogens is 1. The quantitative estimate of drug-likeness (QED) is 0.632. The molecule has 3 heterocycles. The molecule has 0 amide bonds. The topological polar surface area (TPSA) is 129 Å². The molecule has 0 bridgehead atoms. The zero-order valence-electron chi connectivity index (χ0n) is 9.73. The van der Waals surface area contributed by atoms with Crippen molar-refractivity contribution in [3.63, 3.8) is 0 Å². The monoisotopic (exact) mass is 294 g/mol. The highest BCUT2D eigenvalue weighted by atomic mass is 35.5. The van der Waals surface area contributed by atoms with Gasteiger partial charge in [0.25, 0.3) is 0 Å². The molecule has 0 fully saturated rings. The van der Waals surface area contributed by atoms with E-state index in [1.54, 1.807) is 6.07 Å². The molecule has 3 N–H and O–H groups in total. The lowest BCUT2D eigenvalue weighted by Gasteiger charge is -2.11. The average Bonchev–Trinajstić information content (AvgIpc) is 3.06. The Morgan fingerprint density at radius 2 is 2.25 bits per heavy atom. The number of aromatic carboxylic acids is 1. The second-order valence-corrected chi connectivity index (χ2v) is 4.31. The van der Waals surface area contributed by atoms with Crippen LogP contribution in [0.1, 0.15) is 28.1 Å². The van der Waals surface area contributed by atoms with Crippen molar-refractivity contribution >= 4 is 23.2 Å². The van der Waals surface area contributed by atoms with Crippen molar-refractivity contribution in [3.8, 4) is 0 Å². The first-order valence-electron chi connectivity index (χ1n) is 5.40. The summed E-state index contributed by atoms with van der Waals surface area (Å²) in [6, 6.07) is 3.05. The number of tetrazole rings is 1. The van der Waals surface area contributed by atoms with E-state index >= 15 is 0 Å². The van der Waals surface area contributed by atoms with Crippen molar-refractivity contribution in [2.24, 2.45) is 0 Å². The lowest BCUT2D eigenvalue weighted by molar-refractivity contribution is 0.0691. The molecule has 0 saturated heterocycles. The minimum atomic E-state index is -1.26. The SMILES string of the molecule is O=C(O)c1cn2c(C(O)c3nn[nH]n3)c(Cl)ccc2n1. The van der Waals surface area contributed by atoms with Crippen molar-refractivity contribution in [1.82, 2.24) is 30.0 Å². The van der Waals surface area contributed by atoms with E-state index in [1.165, 1.54) is 16.7 Å². The van der Waals surface area contributed by atoms with Crippen LogP contribution in [-0.2, 0) is 0 Å². The van der Waals surface area contributed by atoms with Gasteiger partial charge >= 0.3 is 5.97 Å². The number of carboxylic acids is 1. The van der Waals surface area contributed by atoms with Gasteiger partial charge in [0.1, 0.15) is 5.65 Å². The fraction of sp³-hybridized carbons (Fsp3) is 0.100. The minimum absolute atomic E-state index is 0.0185. The third kappa shape index (κ3) is 1.89. The molecule has 0 radical (unpaired) electrons. The summed E-state index contributed by atoms with van der Waals surface area (Å²) in [5.41, 5.74) is 0.392. The number of aliphatic hydroxyl groups excluding tert-OH is 1. The van der Waals surface area contributed by atoms with Crippen molar-refractivity contribution < 1.29 is 15.0 Å². The summed E-state index contributed by atoms with van der Waals surface area (Å²) in [6.07, 6.45) is 0.00290. The number of imidazole rings is 1. The van der Waals surface area contributed by atoms with Crippen LogP contribution in [0.3, 0.4) is 0 Å². The molecule has 3 rings (SSSR count). The van der Waals surface area contributed by atoms with Gasteiger partial charge in [0.05, 0.1) is 10.7 Å². The highest BCUT2D eigenvalue weighted by molar-refractivity contribution is 6.31. The number of aromatic amines is 1. The van der Waals surface area contributed by atoms with Crippen molar-refractivity contribution in [2.75, 3.05) is 0 Å². The first kappa shape index (κ1) is 12.5. The number of fused-ring (bicyclic) bond motifs is 1. The number of aliphatic hydroxyl groups is 1. The second-order valence-electron chi connectivity index (χ2n) is 3.90. The van der Waals surface area contributed by atoms with E-state index < -0.39 is 12.1 Å². The lowest BCUT2D eigenvalue weighted by Crippen LogP contribution is -2.08. The Kier molecular flexibility index (Phi) is 2.84. The van der Waals surface area contributed by atoms with Gasteiger partial charge in [0, 0.05) is 6.20 Å². The number of H-pyrrole nitrogens is 1. The van der Waals surface area contributed by atoms with Crippen LogP contribution in [-0.4, -0.2) is 46.2 Å². The molecule has 0 spiro atoms. The van der Waals surface area contributed by atoms with E-state index in [9.17, 15) is 9.90 Å². The molecule has 0 aromatic carbocycles. The molecule has 20 heavy (non-hydrogen) atoms. The number of rotatable bonds is 3. The number of nitrogens with zero attached hydrogens (tertiary/aromatic N) is 5. The van der Waals surface area contributed by atoms with E-state index in [4.69, 9.17) is 16.7 Å². The maximum Gasteiger partial charge on any atom is 0.356 e. The van der Waals surface area contributed by atoms with Crippen LogP contribution < -0.4 is 0 Å². The number of hydrogen-bond donors (Lipinski definition) is 3. The zero-order valence-corrected chi connectivity index (χ0v) is 10.5. The van der Waals surface area contributed by atoms with Gasteiger partial charge in [-0.25, -0.2) is 9.78 Å². The number of aromatic nitrogens is 6. The molecular weight excluding hydrogens is 288 g/mol. The zero-order chi connectivity index (χ0) is 14.3. The molecule has 3 aromatic heterocycles. The number of carbonyl (C=O) groups is 1.